The van der Waals surface area contributed by atoms with E-state index in [0.717, 1.165) is 5.56 Å². The highest BCUT2D eigenvalue weighted by Crippen LogP contribution is 2.35. The predicted molar refractivity (Wildman–Crippen MR) is 134 cm³/mol. The van der Waals surface area contributed by atoms with Crippen molar-refractivity contribution >= 4 is 32.4 Å². The van der Waals surface area contributed by atoms with E-state index in [2.05, 4.69) is 23.6 Å². The second-order valence-electron chi connectivity index (χ2n) is 9.33. The number of sulfonamides is 1. The van der Waals surface area contributed by atoms with Gasteiger partial charge >= 0.3 is 0 Å². The zero-order valence-corrected chi connectivity index (χ0v) is 20.7. The maximum atomic E-state index is 13.3. The Morgan fingerprint density at radius 2 is 1.74 bits per heavy atom. The summed E-state index contributed by atoms with van der Waals surface area (Å²) in [5.74, 6) is 0.188. The third-order valence-electron chi connectivity index (χ3n) is 6.59. The minimum atomic E-state index is -3.78. The van der Waals surface area contributed by atoms with Gasteiger partial charge in [0.15, 0.2) is 0 Å². The number of halogens is 1. The molecule has 1 fully saturated rings. The summed E-state index contributed by atoms with van der Waals surface area (Å²) in [5, 5.41) is 2.89. The molecule has 2 aliphatic heterocycles. The fraction of sp³-hybridized carbons (Fsp3) is 0.385. The first-order valence-electron chi connectivity index (χ1n) is 11.6. The number of carbonyl (C=O) groups is 1. The van der Waals surface area contributed by atoms with Crippen LogP contribution in [0.4, 0.5) is 10.1 Å². The quantitative estimate of drug-likeness (QED) is 0.658. The largest absolute Gasteiger partial charge is 0.356 e. The summed E-state index contributed by atoms with van der Waals surface area (Å²) in [4.78, 5) is 15.0. The van der Waals surface area contributed by atoms with Gasteiger partial charge in [-0.1, -0.05) is 38.1 Å². The number of amides is 1. The molecular formula is C26H30FN3O3S. The number of likely N-dealkylation sites (tertiary alicyclic amines) is 1. The molecule has 1 N–H and O–H groups in total. The summed E-state index contributed by atoms with van der Waals surface area (Å²) < 4.78 is 43.3. The molecule has 8 heteroatoms. The van der Waals surface area contributed by atoms with Crippen molar-refractivity contribution in [3.05, 3.63) is 70.5 Å². The summed E-state index contributed by atoms with van der Waals surface area (Å²) >= 11 is 0. The first-order chi connectivity index (χ1) is 16.1. The van der Waals surface area contributed by atoms with Gasteiger partial charge in [-0.05, 0) is 67.5 Å². The second-order valence-corrected chi connectivity index (χ2v) is 10.9. The number of aryl methyl sites for hydroxylation is 1. The van der Waals surface area contributed by atoms with E-state index in [0.29, 0.717) is 60.1 Å². The van der Waals surface area contributed by atoms with E-state index in [1.54, 1.807) is 19.9 Å². The van der Waals surface area contributed by atoms with Gasteiger partial charge in [-0.25, -0.2) is 4.39 Å². The molecule has 2 aromatic carbocycles. The highest BCUT2D eigenvalue weighted by atomic mass is 32.2. The van der Waals surface area contributed by atoms with Crippen LogP contribution in [0, 0.1) is 18.7 Å². The fourth-order valence-corrected chi connectivity index (χ4v) is 6.04. The molecule has 2 aliphatic rings. The van der Waals surface area contributed by atoms with Crippen LogP contribution in [0.15, 0.2) is 52.4 Å². The van der Waals surface area contributed by atoms with Crippen LogP contribution in [0.5, 0.6) is 0 Å². The SMILES string of the molecule is CC1=C(c2ccc(C(C)C)cc2)S(=O)(=O)N=C1N1CCC(C(=O)Nc2ccc(F)cc2C)CC1. The molecule has 0 bridgehead atoms. The average Bonchev–Trinajstić information content (AvgIpc) is 3.04. The van der Waals surface area contributed by atoms with Crippen LogP contribution in [0.25, 0.3) is 4.91 Å². The van der Waals surface area contributed by atoms with E-state index in [4.69, 9.17) is 0 Å². The van der Waals surface area contributed by atoms with E-state index in [1.165, 1.54) is 12.1 Å². The van der Waals surface area contributed by atoms with Crippen molar-refractivity contribution in [2.24, 2.45) is 10.3 Å². The van der Waals surface area contributed by atoms with Crippen LogP contribution in [0.2, 0.25) is 0 Å². The topological polar surface area (TPSA) is 78.8 Å². The molecule has 0 atom stereocenters. The average molecular weight is 484 g/mol. The number of hydrogen-bond donors (Lipinski definition) is 1. The summed E-state index contributed by atoms with van der Waals surface area (Å²) in [6.07, 6.45) is 1.16. The van der Waals surface area contributed by atoms with Gasteiger partial charge in [-0.15, -0.1) is 4.40 Å². The monoisotopic (exact) mass is 483 g/mol. The van der Waals surface area contributed by atoms with Crippen molar-refractivity contribution in [3.8, 4) is 0 Å². The van der Waals surface area contributed by atoms with Gasteiger partial charge in [0.1, 0.15) is 16.6 Å². The summed E-state index contributed by atoms with van der Waals surface area (Å²) in [7, 11) is -3.78. The van der Waals surface area contributed by atoms with Gasteiger partial charge in [0.2, 0.25) is 5.91 Å². The first kappa shape index (κ1) is 24.1. The van der Waals surface area contributed by atoms with Crippen molar-refractivity contribution in [3.63, 3.8) is 0 Å². The maximum Gasteiger partial charge on any atom is 0.285 e. The molecule has 34 heavy (non-hydrogen) atoms. The van der Waals surface area contributed by atoms with Crippen molar-refractivity contribution in [2.45, 2.75) is 46.5 Å². The Balaban J connectivity index is 1.46. The standard InChI is InChI=1S/C26H30FN3O3S/c1-16(2)19-5-7-20(8-6-19)24-18(4)25(29-34(24,32)33)30-13-11-21(12-14-30)26(31)28-23-10-9-22(27)15-17(23)3/h5-10,15-16,21H,11-14H2,1-4H3,(H,28,31). The summed E-state index contributed by atoms with van der Waals surface area (Å²) in [6, 6.07) is 11.9. The van der Waals surface area contributed by atoms with Gasteiger partial charge in [0, 0.05) is 30.3 Å². The number of carbonyl (C=O) groups excluding carboxylic acids is 1. The van der Waals surface area contributed by atoms with Gasteiger partial charge in [0.25, 0.3) is 10.0 Å². The molecule has 4 rings (SSSR count). The summed E-state index contributed by atoms with van der Waals surface area (Å²) in [5.41, 5.74) is 3.71. The highest BCUT2D eigenvalue weighted by Gasteiger charge is 2.35. The predicted octanol–water partition coefficient (Wildman–Crippen LogP) is 5.08. The fourth-order valence-electron chi connectivity index (χ4n) is 4.56. The summed E-state index contributed by atoms with van der Waals surface area (Å²) in [6.45, 7) is 8.81. The van der Waals surface area contributed by atoms with Crippen molar-refractivity contribution in [1.82, 2.24) is 4.90 Å². The number of rotatable bonds is 4. The molecule has 0 saturated carbocycles. The van der Waals surface area contributed by atoms with E-state index in [9.17, 15) is 17.6 Å². The van der Waals surface area contributed by atoms with Crippen LogP contribution < -0.4 is 5.32 Å². The van der Waals surface area contributed by atoms with E-state index in [1.807, 2.05) is 29.2 Å². The Morgan fingerprint density at radius 3 is 2.32 bits per heavy atom. The number of amidine groups is 1. The van der Waals surface area contributed by atoms with Crippen LogP contribution >= 0.6 is 0 Å². The number of hydrogen-bond acceptors (Lipinski definition) is 4. The molecule has 0 spiro atoms. The third-order valence-corrected chi connectivity index (χ3v) is 8.06. The first-order valence-corrected chi connectivity index (χ1v) is 13.0. The Labute approximate surface area is 200 Å². The smallest absolute Gasteiger partial charge is 0.285 e. The zero-order valence-electron chi connectivity index (χ0n) is 19.9. The van der Waals surface area contributed by atoms with E-state index in [-0.39, 0.29) is 22.5 Å². The number of nitrogens with one attached hydrogen (secondary N) is 1. The van der Waals surface area contributed by atoms with Gasteiger partial charge in [-0.2, -0.15) is 8.42 Å². The highest BCUT2D eigenvalue weighted by molar-refractivity contribution is 8.00. The van der Waals surface area contributed by atoms with Gasteiger partial charge < -0.3 is 10.2 Å². The maximum absolute atomic E-state index is 13.3. The van der Waals surface area contributed by atoms with E-state index >= 15 is 0 Å². The minimum absolute atomic E-state index is 0.103. The van der Waals surface area contributed by atoms with Gasteiger partial charge in [0.05, 0.1) is 0 Å². The lowest BCUT2D eigenvalue weighted by molar-refractivity contribution is -0.121. The van der Waals surface area contributed by atoms with Crippen LogP contribution in [-0.4, -0.2) is 38.2 Å². The third kappa shape index (κ3) is 4.78. The van der Waals surface area contributed by atoms with Crippen LogP contribution in [-0.2, 0) is 14.8 Å². The second kappa shape index (κ2) is 9.33. The molecule has 2 aromatic rings. The molecule has 1 amide bonds. The number of nitrogens with zero attached hydrogens (tertiary/aromatic N) is 2. The molecule has 0 aliphatic carbocycles. The van der Waals surface area contributed by atoms with Crippen LogP contribution in [0.1, 0.15) is 56.2 Å². The van der Waals surface area contributed by atoms with Crippen molar-refractivity contribution in [2.75, 3.05) is 18.4 Å². The van der Waals surface area contributed by atoms with Crippen molar-refractivity contribution < 1.29 is 17.6 Å². The molecule has 180 valence electrons. The van der Waals surface area contributed by atoms with Crippen molar-refractivity contribution in [1.29, 1.82) is 0 Å². The van der Waals surface area contributed by atoms with Crippen LogP contribution in [0.3, 0.4) is 0 Å². The molecule has 0 radical (unpaired) electrons. The normalized spacial score (nSPS) is 18.4. The Bertz CT molecular complexity index is 1270. The molecule has 2 heterocycles. The Hall–Kier alpha value is -3.00. The minimum Gasteiger partial charge on any atom is -0.356 e. The lowest BCUT2D eigenvalue weighted by Gasteiger charge is -2.33. The number of benzene rings is 2. The number of anilines is 1. The van der Waals surface area contributed by atoms with E-state index < -0.39 is 10.0 Å². The lowest BCUT2D eigenvalue weighted by Crippen LogP contribution is -2.41. The molecule has 1 saturated heterocycles. The Morgan fingerprint density at radius 1 is 1.09 bits per heavy atom. The molecular weight excluding hydrogens is 453 g/mol. The molecule has 0 aromatic heterocycles. The number of piperidine rings is 1. The van der Waals surface area contributed by atoms with Gasteiger partial charge in [-0.3, -0.25) is 4.79 Å². The lowest BCUT2D eigenvalue weighted by atomic mass is 9.95. The molecule has 0 unspecified atom stereocenters. The zero-order chi connectivity index (χ0) is 24.6. The molecule has 6 nitrogen and oxygen atoms in total. The Kier molecular flexibility index (Phi) is 6.62.